The van der Waals surface area contributed by atoms with Crippen LogP contribution in [0, 0.1) is 12.7 Å². The van der Waals surface area contributed by atoms with Gasteiger partial charge in [0, 0.05) is 17.2 Å². The molecule has 0 aromatic heterocycles. The average Bonchev–Trinajstić information content (AvgIpc) is 3.43. The second-order valence-corrected chi connectivity index (χ2v) is 9.98. The fourth-order valence-corrected chi connectivity index (χ4v) is 6.17. The number of fused-ring (bicyclic) bond motifs is 4. The molecular formula is C31H23FOS. The van der Waals surface area contributed by atoms with Crippen molar-refractivity contribution in [2.45, 2.75) is 19.3 Å². The number of benzene rings is 4. The molecule has 0 N–H and O–H groups in total. The fourth-order valence-electron chi connectivity index (χ4n) is 5.15. The Labute approximate surface area is 203 Å². The molecule has 4 aromatic rings. The lowest BCUT2D eigenvalue weighted by molar-refractivity contribution is -0.106. The molecule has 4 aromatic carbocycles. The lowest BCUT2D eigenvalue weighted by Crippen LogP contribution is -2.04. The maximum Gasteiger partial charge on any atom is 0.219 e. The second kappa shape index (κ2) is 8.41. The predicted molar refractivity (Wildman–Crippen MR) is 139 cm³/mol. The summed E-state index contributed by atoms with van der Waals surface area (Å²) in [5.74, 6) is 0.713. The van der Waals surface area contributed by atoms with Gasteiger partial charge in [0.25, 0.3) is 0 Å². The quantitative estimate of drug-likeness (QED) is 0.308. The second-order valence-electron chi connectivity index (χ2n) is 8.98. The standard InChI is InChI=1S/C31H23FOS/c1-19-10-11-22(17-30(19)32)21-13-12-20-14-15-27(28(20)16-21)31(33)34-18-29-25-8-4-2-6-23(25)24-7-3-5-9-26(24)29/h2-13,15-17,29H,14,18H2,1H3. The van der Waals surface area contributed by atoms with Crippen LogP contribution in [0.25, 0.3) is 27.8 Å². The van der Waals surface area contributed by atoms with E-state index in [1.165, 1.54) is 34.0 Å². The maximum atomic E-state index is 14.1. The van der Waals surface area contributed by atoms with Gasteiger partial charge in [-0.15, -0.1) is 0 Å². The molecule has 3 heteroatoms. The van der Waals surface area contributed by atoms with Crippen molar-refractivity contribution in [2.24, 2.45) is 0 Å². The first-order chi connectivity index (χ1) is 16.6. The third-order valence-electron chi connectivity index (χ3n) is 6.99. The minimum absolute atomic E-state index is 0.104. The predicted octanol–water partition coefficient (Wildman–Crippen LogP) is 7.81. The van der Waals surface area contributed by atoms with Gasteiger partial charge < -0.3 is 0 Å². The molecular weight excluding hydrogens is 439 g/mol. The zero-order valence-electron chi connectivity index (χ0n) is 18.8. The first kappa shape index (κ1) is 21.1. The van der Waals surface area contributed by atoms with Crippen LogP contribution in [0.5, 0.6) is 0 Å². The van der Waals surface area contributed by atoms with Crippen molar-refractivity contribution < 1.29 is 9.18 Å². The maximum absolute atomic E-state index is 14.1. The van der Waals surface area contributed by atoms with E-state index in [4.69, 9.17) is 0 Å². The largest absolute Gasteiger partial charge is 0.282 e. The van der Waals surface area contributed by atoms with Gasteiger partial charge in [0.15, 0.2) is 0 Å². The number of aryl methyl sites for hydroxylation is 1. The van der Waals surface area contributed by atoms with Crippen molar-refractivity contribution in [1.82, 2.24) is 0 Å². The van der Waals surface area contributed by atoms with Crippen LogP contribution in [0.2, 0.25) is 0 Å². The number of carbonyl (C=O) groups excluding carboxylic acids is 1. The number of thioether (sulfide) groups is 1. The fraction of sp³-hybridized carbons (Fsp3) is 0.129. The molecule has 34 heavy (non-hydrogen) atoms. The van der Waals surface area contributed by atoms with Crippen molar-refractivity contribution in [2.75, 3.05) is 5.75 Å². The molecule has 166 valence electrons. The van der Waals surface area contributed by atoms with E-state index in [0.29, 0.717) is 11.3 Å². The van der Waals surface area contributed by atoms with E-state index < -0.39 is 0 Å². The molecule has 0 saturated carbocycles. The van der Waals surface area contributed by atoms with E-state index >= 15 is 0 Å². The van der Waals surface area contributed by atoms with Gasteiger partial charge >= 0.3 is 0 Å². The molecule has 2 aliphatic rings. The Bertz CT molecular complexity index is 1440. The van der Waals surface area contributed by atoms with Gasteiger partial charge in [-0.05, 0) is 75.5 Å². The van der Waals surface area contributed by atoms with Crippen molar-refractivity contribution in [3.8, 4) is 22.3 Å². The van der Waals surface area contributed by atoms with Gasteiger partial charge in [-0.3, -0.25) is 4.79 Å². The first-order valence-corrected chi connectivity index (χ1v) is 12.5. The van der Waals surface area contributed by atoms with Crippen LogP contribution in [0.15, 0.2) is 91.0 Å². The molecule has 2 aliphatic carbocycles. The molecule has 0 atom stereocenters. The number of halogens is 1. The summed E-state index contributed by atoms with van der Waals surface area (Å²) >= 11 is 1.40. The van der Waals surface area contributed by atoms with E-state index in [2.05, 4.69) is 54.6 Å². The van der Waals surface area contributed by atoms with Crippen LogP contribution >= 0.6 is 11.8 Å². The lowest BCUT2D eigenvalue weighted by Gasteiger charge is -2.14. The third kappa shape index (κ3) is 3.52. The number of allylic oxidation sites excluding steroid dienone is 1. The molecule has 0 bridgehead atoms. The summed E-state index contributed by atoms with van der Waals surface area (Å²) in [5.41, 5.74) is 10.4. The molecule has 0 spiro atoms. The van der Waals surface area contributed by atoms with Crippen LogP contribution in [0.3, 0.4) is 0 Å². The molecule has 0 saturated heterocycles. The van der Waals surface area contributed by atoms with Crippen LogP contribution in [-0.4, -0.2) is 10.9 Å². The highest BCUT2D eigenvalue weighted by Crippen LogP contribution is 2.46. The van der Waals surface area contributed by atoms with Crippen molar-refractivity contribution >= 4 is 22.5 Å². The summed E-state index contributed by atoms with van der Waals surface area (Å²) in [5, 5.41) is 0.104. The zero-order chi connectivity index (χ0) is 23.2. The minimum atomic E-state index is -0.211. The van der Waals surface area contributed by atoms with Gasteiger partial charge in [-0.2, -0.15) is 0 Å². The molecule has 0 radical (unpaired) electrons. The molecule has 0 heterocycles. The molecule has 0 fully saturated rings. The molecule has 6 rings (SSSR count). The summed E-state index contributed by atoms with van der Waals surface area (Å²) in [7, 11) is 0. The monoisotopic (exact) mass is 462 g/mol. The average molecular weight is 463 g/mol. The Morgan fingerprint density at radius 3 is 2.21 bits per heavy atom. The van der Waals surface area contributed by atoms with Gasteiger partial charge in [-0.25, -0.2) is 4.39 Å². The summed E-state index contributed by atoms with van der Waals surface area (Å²) in [6.07, 6.45) is 2.80. The van der Waals surface area contributed by atoms with E-state index in [-0.39, 0.29) is 16.9 Å². The Morgan fingerprint density at radius 2 is 1.50 bits per heavy atom. The van der Waals surface area contributed by atoms with Crippen LogP contribution in [0.4, 0.5) is 4.39 Å². The van der Waals surface area contributed by atoms with E-state index in [9.17, 15) is 9.18 Å². The minimum Gasteiger partial charge on any atom is -0.282 e. The van der Waals surface area contributed by atoms with Gasteiger partial charge in [0.05, 0.1) is 0 Å². The Balaban J connectivity index is 1.25. The van der Waals surface area contributed by atoms with Crippen LogP contribution in [-0.2, 0) is 11.2 Å². The lowest BCUT2D eigenvalue weighted by atomic mass is 9.97. The number of hydrogen-bond donors (Lipinski definition) is 0. The van der Waals surface area contributed by atoms with E-state index in [0.717, 1.165) is 34.2 Å². The Hall–Kier alpha value is -3.43. The first-order valence-electron chi connectivity index (χ1n) is 11.6. The summed E-state index contributed by atoms with van der Waals surface area (Å²) in [4.78, 5) is 13.4. The normalized spacial score (nSPS) is 13.9. The van der Waals surface area contributed by atoms with Gasteiger partial charge in [0.1, 0.15) is 5.82 Å². The number of carbonyl (C=O) groups is 1. The number of hydrogen-bond acceptors (Lipinski definition) is 2. The highest BCUT2D eigenvalue weighted by molar-refractivity contribution is 8.14. The van der Waals surface area contributed by atoms with Gasteiger partial charge in [0.2, 0.25) is 5.12 Å². The topological polar surface area (TPSA) is 17.1 Å². The summed E-state index contributed by atoms with van der Waals surface area (Å²) < 4.78 is 14.1. The molecule has 0 unspecified atom stereocenters. The van der Waals surface area contributed by atoms with Gasteiger partial charge in [-0.1, -0.05) is 90.6 Å². The summed E-state index contributed by atoms with van der Waals surface area (Å²) in [6.45, 7) is 1.76. The van der Waals surface area contributed by atoms with Crippen molar-refractivity contribution in [1.29, 1.82) is 0 Å². The summed E-state index contributed by atoms with van der Waals surface area (Å²) in [6, 6.07) is 28.4. The molecule has 1 nitrogen and oxygen atoms in total. The third-order valence-corrected chi connectivity index (χ3v) is 7.98. The molecule has 0 aliphatic heterocycles. The van der Waals surface area contributed by atoms with Crippen molar-refractivity contribution in [3.63, 3.8) is 0 Å². The van der Waals surface area contributed by atoms with Crippen molar-refractivity contribution in [3.05, 3.63) is 125 Å². The highest BCUT2D eigenvalue weighted by atomic mass is 32.2. The Kier molecular flexibility index (Phi) is 5.23. The highest BCUT2D eigenvalue weighted by Gasteiger charge is 2.29. The Morgan fingerprint density at radius 1 is 0.853 bits per heavy atom. The van der Waals surface area contributed by atoms with E-state index in [1.807, 2.05) is 24.3 Å². The zero-order valence-corrected chi connectivity index (χ0v) is 19.7. The van der Waals surface area contributed by atoms with Crippen LogP contribution < -0.4 is 0 Å². The smallest absolute Gasteiger partial charge is 0.219 e. The SMILES string of the molecule is Cc1ccc(-c2ccc3c(c2)C(C(=O)SCC2c4ccccc4-c4ccccc42)=CC3)cc1F. The van der Waals surface area contributed by atoms with Crippen LogP contribution in [0.1, 0.15) is 33.7 Å². The molecule has 0 amide bonds. The van der Waals surface area contributed by atoms with E-state index in [1.54, 1.807) is 19.1 Å². The number of rotatable bonds is 4.